The first-order valence-corrected chi connectivity index (χ1v) is 22.8. The Balaban J connectivity index is 0.907. The normalized spacial score (nSPS) is 11.6. The van der Waals surface area contributed by atoms with E-state index in [0.717, 1.165) is 94.3 Å². The van der Waals surface area contributed by atoms with Crippen molar-refractivity contribution in [3.05, 3.63) is 249 Å². The Morgan fingerprint density at radius 3 is 1.18 bits per heavy atom. The predicted molar refractivity (Wildman–Crippen MR) is 280 cm³/mol. The molecular formula is C64H41NO2. The second kappa shape index (κ2) is 16.0. The van der Waals surface area contributed by atoms with Gasteiger partial charge in [-0.2, -0.15) is 0 Å². The van der Waals surface area contributed by atoms with Gasteiger partial charge in [0, 0.05) is 49.7 Å². The van der Waals surface area contributed by atoms with Crippen LogP contribution in [-0.4, -0.2) is 0 Å². The maximum absolute atomic E-state index is 6.46. The standard InChI is InChI=1S/C64H41NO2/c1-2-12-42(13-3-1)49-39-50(41-51(40-49)48-25-24-43-14-4-5-15-47(43)38-48)44-26-32-52(33-27-44)65(53-34-28-45(29-35-53)55-18-10-20-59-57-16-6-8-22-61(57)66-63(55)59)54-36-30-46(31-37-54)56-19-11-21-60-58-17-7-9-23-62(58)67-64(56)60/h1-41H. The predicted octanol–water partition coefficient (Wildman–Crippen LogP) is 18.4. The van der Waals surface area contributed by atoms with Gasteiger partial charge in [0.15, 0.2) is 0 Å². The van der Waals surface area contributed by atoms with Gasteiger partial charge in [-0.25, -0.2) is 0 Å². The van der Waals surface area contributed by atoms with Crippen LogP contribution in [0.3, 0.4) is 0 Å². The fourth-order valence-electron chi connectivity index (χ4n) is 9.91. The summed E-state index contributed by atoms with van der Waals surface area (Å²) in [6.45, 7) is 0. The van der Waals surface area contributed by atoms with Crippen LogP contribution in [0.1, 0.15) is 0 Å². The molecule has 0 spiro atoms. The summed E-state index contributed by atoms with van der Waals surface area (Å²) in [6.07, 6.45) is 0. The second-order valence-electron chi connectivity index (χ2n) is 17.3. The van der Waals surface area contributed by atoms with E-state index >= 15 is 0 Å². The number of hydrogen-bond acceptors (Lipinski definition) is 3. The van der Waals surface area contributed by atoms with Crippen LogP contribution in [0, 0.1) is 0 Å². The van der Waals surface area contributed by atoms with E-state index in [9.17, 15) is 0 Å². The van der Waals surface area contributed by atoms with Crippen LogP contribution in [0.2, 0.25) is 0 Å². The number of anilines is 3. The Bertz CT molecular complexity index is 3800. The van der Waals surface area contributed by atoms with E-state index < -0.39 is 0 Å². The Labute approximate surface area is 388 Å². The van der Waals surface area contributed by atoms with E-state index in [1.165, 1.54) is 33.0 Å². The van der Waals surface area contributed by atoms with Gasteiger partial charge < -0.3 is 13.7 Å². The number of furan rings is 2. The zero-order valence-electron chi connectivity index (χ0n) is 36.4. The molecule has 3 heteroatoms. The summed E-state index contributed by atoms with van der Waals surface area (Å²) in [5.41, 5.74) is 18.1. The lowest BCUT2D eigenvalue weighted by Gasteiger charge is -2.26. The van der Waals surface area contributed by atoms with E-state index in [1.54, 1.807) is 0 Å². The summed E-state index contributed by atoms with van der Waals surface area (Å²) in [7, 11) is 0. The Hall–Kier alpha value is -8.92. The van der Waals surface area contributed by atoms with Crippen molar-refractivity contribution in [2.45, 2.75) is 0 Å². The van der Waals surface area contributed by atoms with Gasteiger partial charge in [-0.05, 0) is 128 Å². The molecule has 0 bridgehead atoms. The molecule has 0 aliphatic carbocycles. The third kappa shape index (κ3) is 6.84. The maximum Gasteiger partial charge on any atom is 0.143 e. The number of fused-ring (bicyclic) bond motifs is 7. The number of nitrogens with zero attached hydrogens (tertiary/aromatic N) is 1. The van der Waals surface area contributed by atoms with Gasteiger partial charge in [0.25, 0.3) is 0 Å². The van der Waals surface area contributed by atoms with Crippen molar-refractivity contribution in [3.63, 3.8) is 0 Å². The van der Waals surface area contributed by atoms with Crippen LogP contribution in [0.15, 0.2) is 258 Å². The van der Waals surface area contributed by atoms with Crippen molar-refractivity contribution in [2.75, 3.05) is 4.90 Å². The summed E-state index contributed by atoms with van der Waals surface area (Å²) in [5, 5.41) is 6.97. The summed E-state index contributed by atoms with van der Waals surface area (Å²) < 4.78 is 12.9. The molecule has 3 nitrogen and oxygen atoms in total. The van der Waals surface area contributed by atoms with Crippen molar-refractivity contribution < 1.29 is 8.83 Å². The highest BCUT2D eigenvalue weighted by molar-refractivity contribution is 6.10. The molecule has 0 aliphatic rings. The molecule has 314 valence electrons. The Morgan fingerprint density at radius 1 is 0.239 bits per heavy atom. The van der Waals surface area contributed by atoms with Crippen LogP contribution in [-0.2, 0) is 0 Å². The van der Waals surface area contributed by atoms with Gasteiger partial charge in [-0.15, -0.1) is 0 Å². The SMILES string of the molecule is c1ccc(-c2cc(-c3ccc(N(c4ccc(-c5cccc6c5oc5ccccc56)cc4)c4ccc(-c5cccc6c5oc5ccccc56)cc4)cc3)cc(-c3ccc4ccccc4c3)c2)cc1. The largest absolute Gasteiger partial charge is 0.455 e. The lowest BCUT2D eigenvalue weighted by atomic mass is 9.92. The monoisotopic (exact) mass is 855 g/mol. The van der Waals surface area contributed by atoms with E-state index in [0.29, 0.717) is 0 Å². The van der Waals surface area contributed by atoms with Gasteiger partial charge in [-0.3, -0.25) is 0 Å². The molecule has 2 aromatic heterocycles. The van der Waals surface area contributed by atoms with Crippen molar-refractivity contribution in [1.82, 2.24) is 0 Å². The number of rotatable bonds is 8. The molecule has 0 saturated carbocycles. The molecule has 13 rings (SSSR count). The van der Waals surface area contributed by atoms with Gasteiger partial charge in [0.2, 0.25) is 0 Å². The molecule has 2 heterocycles. The van der Waals surface area contributed by atoms with Crippen molar-refractivity contribution in [1.29, 1.82) is 0 Å². The minimum Gasteiger partial charge on any atom is -0.455 e. The third-order valence-electron chi connectivity index (χ3n) is 13.3. The van der Waals surface area contributed by atoms with Crippen molar-refractivity contribution >= 4 is 71.7 Å². The first-order valence-electron chi connectivity index (χ1n) is 22.8. The lowest BCUT2D eigenvalue weighted by molar-refractivity contribution is 0.669. The smallest absolute Gasteiger partial charge is 0.143 e. The average molecular weight is 856 g/mol. The number of hydrogen-bond donors (Lipinski definition) is 0. The molecule has 0 unspecified atom stereocenters. The van der Waals surface area contributed by atoms with Crippen LogP contribution in [0.4, 0.5) is 17.1 Å². The van der Waals surface area contributed by atoms with Crippen molar-refractivity contribution in [3.8, 4) is 55.6 Å². The fourth-order valence-corrected chi connectivity index (χ4v) is 9.91. The molecule has 11 aromatic carbocycles. The molecule has 0 N–H and O–H groups in total. The average Bonchev–Trinajstić information content (AvgIpc) is 3.98. The highest BCUT2D eigenvalue weighted by Crippen LogP contribution is 2.42. The molecule has 0 fully saturated rings. The molecule has 0 amide bonds. The second-order valence-corrected chi connectivity index (χ2v) is 17.3. The molecule has 0 saturated heterocycles. The van der Waals surface area contributed by atoms with E-state index in [1.807, 2.05) is 24.3 Å². The summed E-state index contributed by atoms with van der Waals surface area (Å²) in [4.78, 5) is 2.34. The summed E-state index contributed by atoms with van der Waals surface area (Å²) >= 11 is 0. The van der Waals surface area contributed by atoms with Gasteiger partial charge in [0.1, 0.15) is 22.3 Å². The van der Waals surface area contributed by atoms with Crippen molar-refractivity contribution in [2.24, 2.45) is 0 Å². The minimum absolute atomic E-state index is 0.896. The first-order chi connectivity index (χ1) is 33.2. The third-order valence-corrected chi connectivity index (χ3v) is 13.3. The molecular weight excluding hydrogens is 815 g/mol. The molecule has 13 aromatic rings. The Kier molecular flexibility index (Phi) is 9.17. The summed E-state index contributed by atoms with van der Waals surface area (Å²) in [5.74, 6) is 0. The Morgan fingerprint density at radius 2 is 0.642 bits per heavy atom. The van der Waals surface area contributed by atoms with Crippen LogP contribution < -0.4 is 4.90 Å². The zero-order valence-corrected chi connectivity index (χ0v) is 36.4. The van der Waals surface area contributed by atoms with Crippen LogP contribution in [0.5, 0.6) is 0 Å². The van der Waals surface area contributed by atoms with E-state index in [2.05, 4.69) is 229 Å². The topological polar surface area (TPSA) is 29.5 Å². The van der Waals surface area contributed by atoms with Gasteiger partial charge in [0.05, 0.1) is 0 Å². The number of benzene rings is 11. The number of para-hydroxylation sites is 4. The van der Waals surface area contributed by atoms with Crippen LogP contribution >= 0.6 is 0 Å². The quantitative estimate of drug-likeness (QED) is 0.152. The first kappa shape index (κ1) is 38.5. The lowest BCUT2D eigenvalue weighted by Crippen LogP contribution is -2.09. The van der Waals surface area contributed by atoms with Crippen LogP contribution in [0.25, 0.3) is 110 Å². The summed E-state index contributed by atoms with van der Waals surface area (Å²) in [6, 6.07) is 89.0. The minimum atomic E-state index is 0.896. The maximum atomic E-state index is 6.46. The molecule has 0 radical (unpaired) electrons. The fraction of sp³-hybridized carbons (Fsp3) is 0. The van der Waals surface area contributed by atoms with E-state index in [-0.39, 0.29) is 0 Å². The van der Waals surface area contributed by atoms with Gasteiger partial charge >= 0.3 is 0 Å². The molecule has 0 aliphatic heterocycles. The van der Waals surface area contributed by atoms with Gasteiger partial charge in [-0.1, -0.05) is 176 Å². The highest BCUT2D eigenvalue weighted by Gasteiger charge is 2.18. The zero-order chi connectivity index (χ0) is 44.3. The molecule has 0 atom stereocenters. The van der Waals surface area contributed by atoms with E-state index in [4.69, 9.17) is 8.83 Å². The molecule has 67 heavy (non-hydrogen) atoms. The highest BCUT2D eigenvalue weighted by atomic mass is 16.3.